The molecule has 8 heteroatoms. The average molecular weight is 435 g/mol. The number of thioether (sulfide) groups is 1. The maximum Gasteiger partial charge on any atom is 0.243 e. The highest BCUT2D eigenvalue weighted by Crippen LogP contribution is 2.40. The van der Waals surface area contributed by atoms with Crippen molar-refractivity contribution in [3.63, 3.8) is 0 Å². The third-order valence-electron chi connectivity index (χ3n) is 5.82. The second kappa shape index (κ2) is 7.16. The number of aryl methyl sites for hydroxylation is 1. The van der Waals surface area contributed by atoms with Crippen molar-refractivity contribution in [1.29, 1.82) is 0 Å². The first-order chi connectivity index (χ1) is 13.5. The summed E-state index contributed by atoms with van der Waals surface area (Å²) in [6, 6.07) is 7.82. The maximum atomic E-state index is 13.4. The summed E-state index contributed by atoms with van der Waals surface area (Å²) in [5, 5.41) is 2.46. The summed E-state index contributed by atoms with van der Waals surface area (Å²) in [4.78, 5) is 15.7. The van der Waals surface area contributed by atoms with Crippen LogP contribution in [0.5, 0.6) is 0 Å². The molecule has 0 radical (unpaired) electrons. The summed E-state index contributed by atoms with van der Waals surface area (Å²) in [6.45, 7) is 1.77. The number of anilines is 1. The molecule has 2 aromatic rings. The summed E-state index contributed by atoms with van der Waals surface area (Å²) in [7, 11) is -3.52. The van der Waals surface area contributed by atoms with E-state index in [4.69, 9.17) is 0 Å². The van der Waals surface area contributed by atoms with Gasteiger partial charge in [0, 0.05) is 41.9 Å². The Balaban J connectivity index is 1.43. The van der Waals surface area contributed by atoms with Gasteiger partial charge >= 0.3 is 0 Å². The number of amides is 1. The van der Waals surface area contributed by atoms with Gasteiger partial charge in [-0.05, 0) is 54.0 Å². The Kier molecular flexibility index (Phi) is 4.77. The number of hydrogen-bond acceptors (Lipinski definition) is 5. The zero-order valence-corrected chi connectivity index (χ0v) is 17.9. The molecule has 1 aromatic heterocycles. The van der Waals surface area contributed by atoms with E-state index in [0.717, 1.165) is 35.4 Å². The Bertz CT molecular complexity index is 1020. The van der Waals surface area contributed by atoms with Crippen LogP contribution in [0.25, 0.3) is 0 Å². The highest BCUT2D eigenvalue weighted by atomic mass is 32.2. The molecule has 0 spiro atoms. The van der Waals surface area contributed by atoms with Crippen molar-refractivity contribution in [3.05, 3.63) is 45.6 Å². The van der Waals surface area contributed by atoms with Crippen LogP contribution in [-0.2, 0) is 27.7 Å². The molecular formula is C20H22N2O3S3. The van der Waals surface area contributed by atoms with Crippen molar-refractivity contribution < 1.29 is 13.2 Å². The number of hydrogen-bond donors (Lipinski definition) is 0. The number of nitrogens with zero attached hydrogens (tertiary/aromatic N) is 2. The molecule has 0 bridgehead atoms. The van der Waals surface area contributed by atoms with Gasteiger partial charge in [0.25, 0.3) is 0 Å². The van der Waals surface area contributed by atoms with Crippen LogP contribution in [0, 0.1) is 0 Å². The van der Waals surface area contributed by atoms with Gasteiger partial charge in [-0.15, -0.1) is 11.3 Å². The molecule has 0 aliphatic carbocycles. The zero-order valence-electron chi connectivity index (χ0n) is 15.5. The Labute approximate surface area is 173 Å². The Hall–Kier alpha value is -1.35. The van der Waals surface area contributed by atoms with E-state index < -0.39 is 10.0 Å². The molecule has 1 amide bonds. The third-order valence-corrected chi connectivity index (χ3v) is 10.1. The van der Waals surface area contributed by atoms with Crippen molar-refractivity contribution in [2.45, 2.75) is 35.8 Å². The van der Waals surface area contributed by atoms with E-state index in [1.54, 1.807) is 15.6 Å². The van der Waals surface area contributed by atoms with Crippen molar-refractivity contribution in [2.24, 2.45) is 0 Å². The fourth-order valence-electron chi connectivity index (χ4n) is 4.42. The van der Waals surface area contributed by atoms with Gasteiger partial charge in [0.15, 0.2) is 0 Å². The molecule has 0 saturated carbocycles. The van der Waals surface area contributed by atoms with Crippen LogP contribution in [0.15, 0.2) is 34.5 Å². The standard InChI is InChI=1S/C20H22N2O3S3/c23-19-4-3-14-12-16(13-15-5-8-22(19)20(14)15)28(24,25)21-7-6-18(27-11-9-21)17-2-1-10-26-17/h1-2,10,12-13,18H,3-9,11H2. The molecule has 3 aliphatic heterocycles. The predicted octanol–water partition coefficient (Wildman–Crippen LogP) is 3.45. The van der Waals surface area contributed by atoms with Gasteiger partial charge in [-0.25, -0.2) is 8.42 Å². The van der Waals surface area contributed by atoms with Gasteiger partial charge in [-0.2, -0.15) is 16.1 Å². The van der Waals surface area contributed by atoms with Crippen LogP contribution in [0.2, 0.25) is 0 Å². The lowest BCUT2D eigenvalue weighted by Crippen LogP contribution is -2.34. The Morgan fingerprint density at radius 2 is 1.86 bits per heavy atom. The van der Waals surface area contributed by atoms with Crippen LogP contribution >= 0.6 is 23.1 Å². The molecule has 0 N–H and O–H groups in total. The van der Waals surface area contributed by atoms with Gasteiger partial charge in [0.2, 0.25) is 15.9 Å². The molecule has 1 fully saturated rings. The fraction of sp³-hybridized carbons (Fsp3) is 0.450. The van der Waals surface area contributed by atoms with E-state index in [1.807, 2.05) is 28.8 Å². The lowest BCUT2D eigenvalue weighted by atomic mass is 10.00. The first kappa shape index (κ1) is 18.7. The van der Waals surface area contributed by atoms with Crippen LogP contribution < -0.4 is 4.90 Å². The van der Waals surface area contributed by atoms with Crippen LogP contribution in [0.3, 0.4) is 0 Å². The van der Waals surface area contributed by atoms with Gasteiger partial charge in [0.05, 0.1) is 10.6 Å². The molecule has 1 saturated heterocycles. The molecule has 1 unspecified atom stereocenters. The fourth-order valence-corrected chi connectivity index (χ4v) is 8.33. The molecule has 148 valence electrons. The largest absolute Gasteiger partial charge is 0.312 e. The molecule has 1 atom stereocenters. The normalized spacial score (nSPS) is 22.9. The third kappa shape index (κ3) is 3.10. The lowest BCUT2D eigenvalue weighted by molar-refractivity contribution is -0.118. The predicted molar refractivity (Wildman–Crippen MR) is 114 cm³/mol. The van der Waals surface area contributed by atoms with Gasteiger partial charge in [-0.3, -0.25) is 4.79 Å². The van der Waals surface area contributed by atoms with E-state index in [0.29, 0.717) is 42.6 Å². The van der Waals surface area contributed by atoms with Gasteiger partial charge in [0.1, 0.15) is 0 Å². The molecule has 4 heterocycles. The first-order valence-electron chi connectivity index (χ1n) is 9.65. The average Bonchev–Trinajstić information content (AvgIpc) is 3.30. The second-order valence-corrected chi connectivity index (χ2v) is 11.7. The van der Waals surface area contributed by atoms with Gasteiger partial charge in [-0.1, -0.05) is 6.07 Å². The van der Waals surface area contributed by atoms with E-state index in [2.05, 4.69) is 17.5 Å². The number of carbonyl (C=O) groups excluding carboxylic acids is 1. The summed E-state index contributed by atoms with van der Waals surface area (Å²) in [5.41, 5.74) is 2.98. The van der Waals surface area contributed by atoms with Crippen LogP contribution in [0.1, 0.15) is 34.1 Å². The Morgan fingerprint density at radius 1 is 1.04 bits per heavy atom. The Morgan fingerprint density at radius 3 is 2.64 bits per heavy atom. The highest BCUT2D eigenvalue weighted by Gasteiger charge is 2.35. The second-order valence-electron chi connectivity index (χ2n) is 7.45. The quantitative estimate of drug-likeness (QED) is 0.742. The molecule has 5 nitrogen and oxygen atoms in total. The molecule has 28 heavy (non-hydrogen) atoms. The van der Waals surface area contributed by atoms with Crippen molar-refractivity contribution in [2.75, 3.05) is 30.3 Å². The van der Waals surface area contributed by atoms with Gasteiger partial charge < -0.3 is 4.90 Å². The molecule has 3 aliphatic rings. The van der Waals surface area contributed by atoms with Crippen molar-refractivity contribution in [3.8, 4) is 0 Å². The number of sulfonamides is 1. The minimum atomic E-state index is -3.52. The monoisotopic (exact) mass is 434 g/mol. The topological polar surface area (TPSA) is 57.7 Å². The minimum Gasteiger partial charge on any atom is -0.312 e. The van der Waals surface area contributed by atoms with Crippen LogP contribution in [0.4, 0.5) is 5.69 Å². The lowest BCUT2D eigenvalue weighted by Gasteiger charge is -2.26. The maximum absolute atomic E-state index is 13.4. The van der Waals surface area contributed by atoms with E-state index in [9.17, 15) is 13.2 Å². The highest BCUT2D eigenvalue weighted by molar-refractivity contribution is 7.99. The number of rotatable bonds is 3. The van der Waals surface area contributed by atoms with Crippen molar-refractivity contribution in [1.82, 2.24) is 4.31 Å². The number of carbonyl (C=O) groups is 1. The number of thiophene rings is 1. The van der Waals surface area contributed by atoms with Crippen LogP contribution in [-0.4, -0.2) is 44.0 Å². The zero-order chi connectivity index (χ0) is 19.3. The van der Waals surface area contributed by atoms with E-state index >= 15 is 0 Å². The summed E-state index contributed by atoms with van der Waals surface area (Å²) in [5.74, 6) is 0.966. The molecule has 1 aromatic carbocycles. The smallest absolute Gasteiger partial charge is 0.243 e. The molecule has 5 rings (SSSR count). The number of benzene rings is 1. The summed E-state index contributed by atoms with van der Waals surface area (Å²) in [6.07, 6.45) is 2.69. The minimum absolute atomic E-state index is 0.158. The first-order valence-corrected chi connectivity index (χ1v) is 13.0. The summed E-state index contributed by atoms with van der Waals surface area (Å²) >= 11 is 3.60. The summed E-state index contributed by atoms with van der Waals surface area (Å²) < 4.78 is 28.5. The molecular weight excluding hydrogens is 412 g/mol. The SMILES string of the molecule is O=C1CCc2cc(S(=O)(=O)N3CCSC(c4cccs4)CC3)cc3c2N1CC3. The van der Waals surface area contributed by atoms with E-state index in [1.165, 1.54) is 4.88 Å². The van der Waals surface area contributed by atoms with Crippen molar-refractivity contribution >= 4 is 44.7 Å². The van der Waals surface area contributed by atoms with E-state index in [-0.39, 0.29) is 5.91 Å².